The maximum Gasteiger partial charge on any atom is 0.323 e. The molecule has 0 aliphatic heterocycles. The molecule has 0 radical (unpaired) electrons. The third-order valence-electron chi connectivity index (χ3n) is 5.14. The van der Waals surface area contributed by atoms with Gasteiger partial charge in [-0.1, -0.05) is 24.3 Å². The summed E-state index contributed by atoms with van der Waals surface area (Å²) in [6.45, 7) is 1.89. The molecule has 1 fully saturated rings. The van der Waals surface area contributed by atoms with Crippen molar-refractivity contribution in [3.63, 3.8) is 0 Å². The van der Waals surface area contributed by atoms with E-state index in [2.05, 4.69) is 21.3 Å². The number of amides is 4. The van der Waals surface area contributed by atoms with E-state index in [0.717, 1.165) is 18.4 Å². The zero-order valence-electron chi connectivity index (χ0n) is 17.6. The third kappa shape index (κ3) is 5.51. The molecule has 4 rings (SSSR count). The van der Waals surface area contributed by atoms with Crippen molar-refractivity contribution in [1.29, 1.82) is 0 Å². The number of carbonyl (C=O) groups is 3. The predicted octanol–water partition coefficient (Wildman–Crippen LogP) is 5.24. The fourth-order valence-corrected chi connectivity index (χ4v) is 3.14. The fourth-order valence-electron chi connectivity index (χ4n) is 3.14. The van der Waals surface area contributed by atoms with Gasteiger partial charge in [0.15, 0.2) is 0 Å². The molecule has 0 heterocycles. The zero-order chi connectivity index (χ0) is 22.5. The molecule has 1 saturated carbocycles. The molecule has 4 N–H and O–H groups in total. The summed E-state index contributed by atoms with van der Waals surface area (Å²) in [5.74, 6) is -0.152. The fraction of sp³-hybridized carbons (Fsp3) is 0.160. The van der Waals surface area contributed by atoms with E-state index in [1.54, 1.807) is 42.5 Å². The Morgan fingerprint density at radius 3 is 2.00 bits per heavy atom. The van der Waals surface area contributed by atoms with Gasteiger partial charge in [0, 0.05) is 34.2 Å². The summed E-state index contributed by atoms with van der Waals surface area (Å²) in [5.41, 5.74) is 3.88. The van der Waals surface area contributed by atoms with Gasteiger partial charge in [0.25, 0.3) is 5.91 Å². The van der Waals surface area contributed by atoms with Gasteiger partial charge in [-0.05, 0) is 73.9 Å². The first kappa shape index (κ1) is 21.1. The van der Waals surface area contributed by atoms with Crippen molar-refractivity contribution in [2.45, 2.75) is 19.8 Å². The number of carbonyl (C=O) groups excluding carboxylic acids is 3. The van der Waals surface area contributed by atoms with Crippen LogP contribution in [0.2, 0.25) is 0 Å². The largest absolute Gasteiger partial charge is 0.326 e. The van der Waals surface area contributed by atoms with Crippen LogP contribution in [0.5, 0.6) is 0 Å². The maximum atomic E-state index is 12.7. The van der Waals surface area contributed by atoms with Gasteiger partial charge in [-0.15, -0.1) is 0 Å². The van der Waals surface area contributed by atoms with Crippen LogP contribution in [0.4, 0.5) is 27.5 Å². The first-order valence-electron chi connectivity index (χ1n) is 10.4. The monoisotopic (exact) mass is 428 g/mol. The summed E-state index contributed by atoms with van der Waals surface area (Å²) in [7, 11) is 0. The molecular weight excluding hydrogens is 404 g/mol. The van der Waals surface area contributed by atoms with E-state index < -0.39 is 0 Å². The molecule has 1 aliphatic carbocycles. The number of hydrogen-bond donors (Lipinski definition) is 4. The Hall–Kier alpha value is -4.13. The highest BCUT2D eigenvalue weighted by Crippen LogP contribution is 2.31. The highest BCUT2D eigenvalue weighted by atomic mass is 16.2. The molecule has 0 bridgehead atoms. The van der Waals surface area contributed by atoms with Crippen molar-refractivity contribution < 1.29 is 14.4 Å². The number of nitrogens with one attached hydrogen (secondary N) is 4. The van der Waals surface area contributed by atoms with E-state index >= 15 is 0 Å². The van der Waals surface area contributed by atoms with Crippen molar-refractivity contribution in [2.75, 3.05) is 21.3 Å². The van der Waals surface area contributed by atoms with Crippen molar-refractivity contribution in [3.05, 3.63) is 83.9 Å². The Labute approximate surface area is 186 Å². The molecule has 7 heteroatoms. The van der Waals surface area contributed by atoms with Crippen LogP contribution >= 0.6 is 0 Å². The average Bonchev–Trinajstić information content (AvgIpc) is 3.63. The van der Waals surface area contributed by atoms with Crippen molar-refractivity contribution in [1.82, 2.24) is 0 Å². The summed E-state index contributed by atoms with van der Waals surface area (Å²) in [6.07, 6.45) is 1.86. The van der Waals surface area contributed by atoms with Crippen molar-refractivity contribution in [2.24, 2.45) is 5.92 Å². The number of rotatable bonds is 6. The van der Waals surface area contributed by atoms with E-state index in [-0.39, 0.29) is 23.8 Å². The van der Waals surface area contributed by atoms with Gasteiger partial charge in [0.1, 0.15) is 0 Å². The highest BCUT2D eigenvalue weighted by Gasteiger charge is 2.29. The molecule has 7 nitrogen and oxygen atoms in total. The minimum Gasteiger partial charge on any atom is -0.326 e. The Morgan fingerprint density at radius 2 is 1.34 bits per heavy atom. The molecule has 32 heavy (non-hydrogen) atoms. The van der Waals surface area contributed by atoms with E-state index in [9.17, 15) is 14.4 Å². The van der Waals surface area contributed by atoms with Crippen LogP contribution in [0, 0.1) is 12.8 Å². The molecule has 0 spiro atoms. The minimum atomic E-state index is -0.367. The summed E-state index contributed by atoms with van der Waals surface area (Å²) in [5, 5.41) is 11.2. The lowest BCUT2D eigenvalue weighted by molar-refractivity contribution is -0.117. The Kier molecular flexibility index (Phi) is 6.17. The van der Waals surface area contributed by atoms with Crippen molar-refractivity contribution >= 4 is 40.6 Å². The number of urea groups is 1. The molecular formula is C25H24N4O3. The average molecular weight is 428 g/mol. The van der Waals surface area contributed by atoms with Gasteiger partial charge in [-0.25, -0.2) is 4.79 Å². The van der Waals surface area contributed by atoms with Crippen LogP contribution in [0.3, 0.4) is 0 Å². The van der Waals surface area contributed by atoms with E-state index in [1.165, 1.54) is 0 Å². The van der Waals surface area contributed by atoms with Gasteiger partial charge in [-0.3, -0.25) is 9.59 Å². The Bertz CT molecular complexity index is 1140. The van der Waals surface area contributed by atoms with Crippen LogP contribution in [-0.4, -0.2) is 17.8 Å². The van der Waals surface area contributed by atoms with E-state index in [0.29, 0.717) is 28.3 Å². The number of hydrogen-bond acceptors (Lipinski definition) is 3. The molecule has 1 aliphatic rings. The van der Waals surface area contributed by atoms with Crippen LogP contribution in [0.25, 0.3) is 0 Å². The zero-order valence-corrected chi connectivity index (χ0v) is 17.6. The highest BCUT2D eigenvalue weighted by molar-refractivity contribution is 6.06. The lowest BCUT2D eigenvalue weighted by Gasteiger charge is -2.12. The Morgan fingerprint density at radius 1 is 0.719 bits per heavy atom. The summed E-state index contributed by atoms with van der Waals surface area (Å²) in [4.78, 5) is 36.8. The molecule has 162 valence electrons. The van der Waals surface area contributed by atoms with Crippen molar-refractivity contribution in [3.8, 4) is 0 Å². The topological polar surface area (TPSA) is 99.3 Å². The molecule has 0 unspecified atom stereocenters. The molecule has 3 aromatic carbocycles. The predicted molar refractivity (Wildman–Crippen MR) is 126 cm³/mol. The molecule has 0 atom stereocenters. The van der Waals surface area contributed by atoms with Gasteiger partial charge in [-0.2, -0.15) is 0 Å². The third-order valence-corrected chi connectivity index (χ3v) is 5.14. The number of anilines is 4. The second-order valence-electron chi connectivity index (χ2n) is 7.77. The lowest BCUT2D eigenvalue weighted by Crippen LogP contribution is -2.19. The van der Waals surface area contributed by atoms with Gasteiger partial charge >= 0.3 is 6.03 Å². The Balaban J connectivity index is 1.36. The SMILES string of the molecule is Cc1ccc(NC(=O)C2CC2)cc1NC(=O)c1ccc(NC(=O)Nc2ccccc2)cc1. The number of para-hydroxylation sites is 1. The summed E-state index contributed by atoms with van der Waals surface area (Å²) >= 11 is 0. The summed E-state index contributed by atoms with van der Waals surface area (Å²) < 4.78 is 0. The molecule has 3 aromatic rings. The smallest absolute Gasteiger partial charge is 0.323 e. The van der Waals surface area contributed by atoms with Crippen LogP contribution in [-0.2, 0) is 4.79 Å². The van der Waals surface area contributed by atoms with Crippen LogP contribution < -0.4 is 21.3 Å². The normalized spacial score (nSPS) is 12.5. The van der Waals surface area contributed by atoms with Gasteiger partial charge in [0.05, 0.1) is 0 Å². The van der Waals surface area contributed by atoms with E-state index in [1.807, 2.05) is 37.3 Å². The number of aryl methyl sites for hydroxylation is 1. The quantitative estimate of drug-likeness (QED) is 0.432. The standard InChI is InChI=1S/C25H24N4O3/c1-16-7-12-21(26-23(30)17-8-9-17)15-22(16)29-24(31)18-10-13-20(14-11-18)28-25(32)27-19-5-3-2-4-6-19/h2-7,10-15,17H,8-9H2,1H3,(H,26,30)(H,29,31)(H2,27,28,32). The lowest BCUT2D eigenvalue weighted by atomic mass is 10.1. The van der Waals surface area contributed by atoms with Gasteiger partial charge in [0.2, 0.25) is 5.91 Å². The first-order valence-corrected chi connectivity index (χ1v) is 10.4. The van der Waals surface area contributed by atoms with E-state index in [4.69, 9.17) is 0 Å². The maximum absolute atomic E-state index is 12.7. The van der Waals surface area contributed by atoms with Crippen LogP contribution in [0.1, 0.15) is 28.8 Å². The summed E-state index contributed by atoms with van der Waals surface area (Å²) in [6, 6.07) is 20.8. The minimum absolute atomic E-state index is 0.0190. The second-order valence-corrected chi connectivity index (χ2v) is 7.77. The molecule has 0 saturated heterocycles. The molecule has 4 amide bonds. The second kappa shape index (κ2) is 9.34. The van der Waals surface area contributed by atoms with Crippen LogP contribution in [0.15, 0.2) is 72.8 Å². The molecule has 0 aromatic heterocycles. The first-order chi connectivity index (χ1) is 15.5. The van der Waals surface area contributed by atoms with Gasteiger partial charge < -0.3 is 21.3 Å². The number of benzene rings is 3.